The first-order valence-electron chi connectivity index (χ1n) is 3.88. The lowest BCUT2D eigenvalue weighted by Crippen LogP contribution is -2.33. The molecule has 14 heavy (non-hydrogen) atoms. The van der Waals surface area contributed by atoms with Crippen LogP contribution in [0.15, 0.2) is 11.3 Å². The highest BCUT2D eigenvalue weighted by Gasteiger charge is 2.56. The third kappa shape index (κ3) is 0.973. The highest BCUT2D eigenvalue weighted by Crippen LogP contribution is 2.35. The fourth-order valence-corrected chi connectivity index (χ4v) is 1.36. The molecule has 2 aliphatic rings. The van der Waals surface area contributed by atoms with Gasteiger partial charge in [0.05, 0.1) is 7.11 Å². The summed E-state index contributed by atoms with van der Waals surface area (Å²) in [4.78, 5) is 22.3. The number of fused-ring (bicyclic) bond motifs is 1. The van der Waals surface area contributed by atoms with E-state index >= 15 is 0 Å². The van der Waals surface area contributed by atoms with Crippen molar-refractivity contribution in [2.75, 3.05) is 7.11 Å². The average Bonchev–Trinajstić information content (AvgIpc) is 2.94. The Balaban J connectivity index is 2.45. The maximum absolute atomic E-state index is 11.2. The lowest BCUT2D eigenvalue weighted by molar-refractivity contribution is -0.136. The summed E-state index contributed by atoms with van der Waals surface area (Å²) >= 11 is 0. The molecule has 0 unspecified atom stereocenters. The van der Waals surface area contributed by atoms with Crippen molar-refractivity contribution in [2.45, 2.75) is 12.2 Å². The lowest BCUT2D eigenvalue weighted by Gasteiger charge is -2.10. The van der Waals surface area contributed by atoms with Crippen LogP contribution in [0.1, 0.15) is 0 Å². The Labute approximate surface area is 78.6 Å². The topological polar surface area (TPSA) is 100.0 Å². The van der Waals surface area contributed by atoms with Crippen molar-refractivity contribution in [3.05, 3.63) is 11.3 Å². The molecule has 0 bridgehead atoms. The molecule has 1 fully saturated rings. The second-order valence-corrected chi connectivity index (χ2v) is 2.97. The number of epoxide rings is 1. The predicted octanol–water partition coefficient (Wildman–Crippen LogP) is -0.659. The summed E-state index contributed by atoms with van der Waals surface area (Å²) in [6.07, 6.45) is -1.54. The first kappa shape index (κ1) is 8.89. The highest BCUT2D eigenvalue weighted by atomic mass is 16.6. The van der Waals surface area contributed by atoms with E-state index in [9.17, 15) is 14.7 Å². The summed E-state index contributed by atoms with van der Waals surface area (Å²) in [7, 11) is 1.11. The maximum atomic E-state index is 11.2. The Morgan fingerprint density at radius 1 is 1.57 bits per heavy atom. The monoisotopic (exact) mass is 197 g/mol. The summed E-state index contributed by atoms with van der Waals surface area (Å²) in [5, 5.41) is 16.8. The van der Waals surface area contributed by atoms with E-state index in [1.807, 2.05) is 0 Å². The van der Waals surface area contributed by atoms with Crippen molar-refractivity contribution in [3.8, 4) is 0 Å². The molecule has 0 spiro atoms. The van der Waals surface area contributed by atoms with Crippen LogP contribution in [-0.4, -0.2) is 41.9 Å². The number of hydrogen-bond acceptors (Lipinski definition) is 6. The van der Waals surface area contributed by atoms with Crippen LogP contribution in [0.4, 0.5) is 0 Å². The third-order valence-electron chi connectivity index (χ3n) is 2.16. The van der Waals surface area contributed by atoms with Gasteiger partial charge in [0.2, 0.25) is 5.78 Å². The van der Waals surface area contributed by atoms with Gasteiger partial charge in [0.1, 0.15) is 23.1 Å². The molecule has 1 aliphatic heterocycles. The third-order valence-corrected chi connectivity index (χ3v) is 2.16. The molecule has 2 atom stereocenters. The molecule has 6 heteroatoms. The van der Waals surface area contributed by atoms with E-state index in [0.717, 1.165) is 7.11 Å². The number of ketones is 1. The molecule has 6 nitrogen and oxygen atoms in total. The van der Waals surface area contributed by atoms with Crippen LogP contribution in [0.2, 0.25) is 0 Å². The number of rotatable bonds is 1. The van der Waals surface area contributed by atoms with Gasteiger partial charge in [-0.1, -0.05) is 0 Å². The number of nitrogens with one attached hydrogen (secondary N) is 1. The quantitative estimate of drug-likeness (QED) is 0.429. The zero-order chi connectivity index (χ0) is 10.5. The fraction of sp³-hybridized carbons (Fsp3) is 0.375. The van der Waals surface area contributed by atoms with Crippen LogP contribution >= 0.6 is 0 Å². The number of carbonyl (C=O) groups is 2. The summed E-state index contributed by atoms with van der Waals surface area (Å²) in [6.45, 7) is 0. The van der Waals surface area contributed by atoms with E-state index in [1.165, 1.54) is 0 Å². The number of aliphatic hydroxyl groups excluding tert-OH is 1. The minimum absolute atomic E-state index is 0.383. The van der Waals surface area contributed by atoms with Gasteiger partial charge in [0, 0.05) is 0 Å². The fourth-order valence-electron chi connectivity index (χ4n) is 1.36. The number of hydrogen-bond donors (Lipinski definition) is 2. The van der Waals surface area contributed by atoms with E-state index in [4.69, 9.17) is 10.1 Å². The van der Waals surface area contributed by atoms with Gasteiger partial charge in [-0.05, 0) is 0 Å². The van der Waals surface area contributed by atoms with Crippen molar-refractivity contribution in [1.82, 2.24) is 0 Å². The molecule has 2 N–H and O–H groups in total. The second kappa shape index (κ2) is 2.65. The Bertz CT molecular complexity index is 383. The summed E-state index contributed by atoms with van der Waals surface area (Å²) in [5.74, 6) is -1.87. The minimum Gasteiger partial charge on any atom is -0.508 e. The van der Waals surface area contributed by atoms with Gasteiger partial charge in [0.15, 0.2) is 6.10 Å². The van der Waals surface area contributed by atoms with E-state index in [2.05, 4.69) is 4.74 Å². The standard InChI is InChI=1S/C8H7NO5/c1-13-8(12)2-3(9)5(11)7-6(14-7)4(2)10/h6-7,9-10H,1H3/t6-,7+/m1/s1. The van der Waals surface area contributed by atoms with Crippen molar-refractivity contribution >= 4 is 17.5 Å². The molecule has 0 aromatic rings. The van der Waals surface area contributed by atoms with Gasteiger partial charge in [-0.3, -0.25) is 10.2 Å². The molecule has 0 amide bonds. The van der Waals surface area contributed by atoms with Crippen LogP contribution in [0.3, 0.4) is 0 Å². The largest absolute Gasteiger partial charge is 0.508 e. The van der Waals surface area contributed by atoms with Gasteiger partial charge >= 0.3 is 5.97 Å². The van der Waals surface area contributed by atoms with Crippen LogP contribution in [0.25, 0.3) is 0 Å². The molecule has 0 aromatic heterocycles. The molecular formula is C8H7NO5. The van der Waals surface area contributed by atoms with Crippen molar-refractivity contribution < 1.29 is 24.2 Å². The summed E-state index contributed by atoms with van der Waals surface area (Å²) in [6, 6.07) is 0. The maximum Gasteiger partial charge on any atom is 0.343 e. The number of methoxy groups -OCH3 is 1. The van der Waals surface area contributed by atoms with Crippen LogP contribution in [-0.2, 0) is 19.1 Å². The highest BCUT2D eigenvalue weighted by molar-refractivity contribution is 6.53. The molecule has 0 saturated carbocycles. The normalized spacial score (nSPS) is 30.1. The minimum atomic E-state index is -0.894. The van der Waals surface area contributed by atoms with E-state index in [-0.39, 0.29) is 5.76 Å². The van der Waals surface area contributed by atoms with Crippen LogP contribution in [0.5, 0.6) is 0 Å². The first-order valence-corrected chi connectivity index (χ1v) is 3.88. The van der Waals surface area contributed by atoms with Crippen molar-refractivity contribution in [1.29, 1.82) is 5.41 Å². The molecule has 1 saturated heterocycles. The second-order valence-electron chi connectivity index (χ2n) is 2.97. The number of carbonyl (C=O) groups excluding carboxylic acids is 2. The van der Waals surface area contributed by atoms with E-state index < -0.39 is 35.2 Å². The Morgan fingerprint density at radius 3 is 2.79 bits per heavy atom. The Kier molecular flexibility index (Phi) is 1.68. The van der Waals surface area contributed by atoms with Crippen LogP contribution in [0, 0.1) is 5.41 Å². The van der Waals surface area contributed by atoms with Gasteiger partial charge < -0.3 is 14.6 Å². The zero-order valence-electron chi connectivity index (χ0n) is 7.23. The van der Waals surface area contributed by atoms with Crippen molar-refractivity contribution in [2.24, 2.45) is 0 Å². The molecule has 0 aromatic carbocycles. The average molecular weight is 197 g/mol. The first-order chi connectivity index (χ1) is 6.57. The molecule has 2 rings (SSSR count). The SMILES string of the molecule is COC(=O)C1=C(O)[C@H]2O[C@H]2C(=O)C1=N. The van der Waals surface area contributed by atoms with Crippen molar-refractivity contribution in [3.63, 3.8) is 0 Å². The summed E-state index contributed by atoms with van der Waals surface area (Å²) < 4.78 is 9.13. The zero-order valence-corrected chi connectivity index (χ0v) is 7.23. The van der Waals surface area contributed by atoms with Gasteiger partial charge in [-0.25, -0.2) is 4.79 Å². The molecule has 74 valence electrons. The van der Waals surface area contributed by atoms with Gasteiger partial charge in [-0.15, -0.1) is 0 Å². The number of Topliss-reactive ketones (excluding diaryl/α,β-unsaturated/α-hetero) is 1. The molecular weight excluding hydrogens is 190 g/mol. The smallest absolute Gasteiger partial charge is 0.343 e. The molecule has 1 heterocycles. The van der Waals surface area contributed by atoms with E-state index in [0.29, 0.717) is 0 Å². The Hall–Kier alpha value is -1.69. The predicted molar refractivity (Wildman–Crippen MR) is 43.1 cm³/mol. The summed E-state index contributed by atoms with van der Waals surface area (Å²) in [5.41, 5.74) is -0.940. The molecule has 0 radical (unpaired) electrons. The molecule has 1 aliphatic carbocycles. The number of aliphatic hydroxyl groups is 1. The number of esters is 1. The number of ether oxygens (including phenoxy) is 2. The van der Waals surface area contributed by atoms with Gasteiger partial charge in [-0.2, -0.15) is 0 Å². The van der Waals surface area contributed by atoms with E-state index in [1.54, 1.807) is 0 Å². The van der Waals surface area contributed by atoms with Crippen LogP contribution < -0.4 is 0 Å². The Morgan fingerprint density at radius 2 is 2.21 bits per heavy atom. The van der Waals surface area contributed by atoms with Gasteiger partial charge in [0.25, 0.3) is 0 Å². The lowest BCUT2D eigenvalue weighted by atomic mass is 9.94.